The summed E-state index contributed by atoms with van der Waals surface area (Å²) in [6, 6.07) is 8.10. The van der Waals surface area contributed by atoms with Crippen molar-refractivity contribution in [2.75, 3.05) is 0 Å². The van der Waals surface area contributed by atoms with E-state index in [4.69, 9.17) is 4.74 Å². The monoisotopic (exact) mass is 282 g/mol. The molecule has 4 heteroatoms. The Balaban J connectivity index is 1.68. The summed E-state index contributed by atoms with van der Waals surface area (Å²) in [6.45, 7) is 2.05. The number of aromatic nitrogens is 2. The van der Waals surface area contributed by atoms with E-state index in [0.717, 1.165) is 18.4 Å². The van der Waals surface area contributed by atoms with E-state index < -0.39 is 0 Å². The molecule has 0 amide bonds. The summed E-state index contributed by atoms with van der Waals surface area (Å²) in [5.41, 5.74) is 2.19. The van der Waals surface area contributed by atoms with E-state index in [2.05, 4.69) is 16.0 Å². The molecule has 1 aliphatic carbocycles. The van der Waals surface area contributed by atoms with Gasteiger partial charge in [0.25, 0.3) is 0 Å². The molecular formula is C17H18N2O2. The van der Waals surface area contributed by atoms with Crippen molar-refractivity contribution in [3.8, 4) is 17.1 Å². The predicted octanol–water partition coefficient (Wildman–Crippen LogP) is 3.34. The van der Waals surface area contributed by atoms with Gasteiger partial charge in [-0.15, -0.1) is 0 Å². The van der Waals surface area contributed by atoms with Crippen LogP contribution in [0.5, 0.6) is 5.75 Å². The fourth-order valence-electron chi connectivity index (χ4n) is 2.53. The van der Waals surface area contributed by atoms with Crippen molar-refractivity contribution in [3.05, 3.63) is 42.2 Å². The number of hydrogen-bond donors (Lipinski definition) is 0. The number of ketones is 1. The molecule has 108 valence electrons. The van der Waals surface area contributed by atoms with Crippen molar-refractivity contribution in [2.45, 2.75) is 38.7 Å². The lowest BCUT2D eigenvalue weighted by atomic mass is 9.96. The van der Waals surface area contributed by atoms with E-state index in [1.54, 1.807) is 12.4 Å². The third-order valence-corrected chi connectivity index (χ3v) is 3.70. The highest BCUT2D eigenvalue weighted by Gasteiger charge is 2.20. The second kappa shape index (κ2) is 6.04. The lowest BCUT2D eigenvalue weighted by Crippen LogP contribution is -2.24. The summed E-state index contributed by atoms with van der Waals surface area (Å²) in [4.78, 5) is 19.9. The zero-order chi connectivity index (χ0) is 14.7. The van der Waals surface area contributed by atoms with Gasteiger partial charge in [-0.3, -0.25) is 4.79 Å². The van der Waals surface area contributed by atoms with Crippen LogP contribution in [0, 0.1) is 6.92 Å². The highest BCUT2D eigenvalue weighted by molar-refractivity contribution is 5.79. The summed E-state index contributed by atoms with van der Waals surface area (Å²) in [6.07, 6.45) is 6.34. The molecule has 3 rings (SSSR count). The normalized spacial score (nSPS) is 16.0. The Morgan fingerprint density at radius 1 is 1.14 bits per heavy atom. The maximum Gasteiger partial charge on any atom is 0.159 e. The molecule has 0 aliphatic heterocycles. The number of aryl methyl sites for hydroxylation is 1. The minimum absolute atomic E-state index is 0.108. The van der Waals surface area contributed by atoms with Gasteiger partial charge in [0.2, 0.25) is 0 Å². The molecule has 21 heavy (non-hydrogen) atoms. The molecule has 4 nitrogen and oxygen atoms in total. The number of Topliss-reactive ketones (excluding diaryl/α,β-unsaturated/α-hetero) is 1. The molecule has 0 N–H and O–H groups in total. The lowest BCUT2D eigenvalue weighted by molar-refractivity contribution is -0.121. The third kappa shape index (κ3) is 3.45. The topological polar surface area (TPSA) is 52.1 Å². The van der Waals surface area contributed by atoms with E-state index in [1.165, 1.54) is 5.56 Å². The molecule has 1 aromatic carbocycles. The maximum atomic E-state index is 11.2. The quantitative estimate of drug-likeness (QED) is 0.866. The highest BCUT2D eigenvalue weighted by Crippen LogP contribution is 2.22. The van der Waals surface area contributed by atoms with Crippen LogP contribution in [0.15, 0.2) is 36.7 Å². The maximum absolute atomic E-state index is 11.2. The molecule has 0 saturated heterocycles. The zero-order valence-corrected chi connectivity index (χ0v) is 12.1. The highest BCUT2D eigenvalue weighted by atomic mass is 16.5. The van der Waals surface area contributed by atoms with Crippen LogP contribution < -0.4 is 4.74 Å². The minimum atomic E-state index is 0.108. The number of benzene rings is 1. The molecular weight excluding hydrogens is 264 g/mol. The second-order valence-electron chi connectivity index (χ2n) is 5.47. The Bertz CT molecular complexity index is 627. The standard InChI is InChI=1S/C17H18N2O2/c1-12-3-2-4-13(9-12)17-18-10-16(11-19-17)21-15-7-5-14(20)6-8-15/h2-4,9-11,15H,5-8H2,1H3. The largest absolute Gasteiger partial charge is 0.487 e. The molecule has 0 radical (unpaired) electrons. The molecule has 0 bridgehead atoms. The van der Waals surface area contributed by atoms with Gasteiger partial charge in [0.1, 0.15) is 5.78 Å². The average Bonchev–Trinajstić information content (AvgIpc) is 2.50. The van der Waals surface area contributed by atoms with Crippen LogP contribution in [0.3, 0.4) is 0 Å². The van der Waals surface area contributed by atoms with E-state index >= 15 is 0 Å². The smallest absolute Gasteiger partial charge is 0.159 e. The fraction of sp³-hybridized carbons (Fsp3) is 0.353. The summed E-state index contributed by atoms with van der Waals surface area (Å²) in [7, 11) is 0. The van der Waals surface area contributed by atoms with Crippen LogP contribution in [-0.2, 0) is 4.79 Å². The average molecular weight is 282 g/mol. The molecule has 2 aromatic rings. The van der Waals surface area contributed by atoms with Crippen molar-refractivity contribution < 1.29 is 9.53 Å². The van der Waals surface area contributed by atoms with Crippen molar-refractivity contribution >= 4 is 5.78 Å². The van der Waals surface area contributed by atoms with Crippen molar-refractivity contribution in [2.24, 2.45) is 0 Å². The van der Waals surface area contributed by atoms with Crippen LogP contribution in [0.1, 0.15) is 31.2 Å². The number of hydrogen-bond acceptors (Lipinski definition) is 4. The van der Waals surface area contributed by atoms with Gasteiger partial charge in [-0.05, 0) is 25.8 Å². The number of carbonyl (C=O) groups excluding carboxylic acids is 1. The Morgan fingerprint density at radius 3 is 2.52 bits per heavy atom. The van der Waals surface area contributed by atoms with Gasteiger partial charge in [-0.25, -0.2) is 9.97 Å². The first-order chi connectivity index (χ1) is 10.2. The van der Waals surface area contributed by atoms with Gasteiger partial charge in [0.05, 0.1) is 18.5 Å². The van der Waals surface area contributed by atoms with Gasteiger partial charge in [0, 0.05) is 18.4 Å². The Morgan fingerprint density at radius 2 is 1.86 bits per heavy atom. The third-order valence-electron chi connectivity index (χ3n) is 3.70. The number of rotatable bonds is 3. The molecule has 1 aromatic heterocycles. The van der Waals surface area contributed by atoms with E-state index in [1.807, 2.05) is 25.1 Å². The summed E-state index contributed by atoms with van der Waals surface area (Å²) in [5, 5.41) is 0. The number of ether oxygens (including phenoxy) is 1. The predicted molar refractivity (Wildman–Crippen MR) is 80.1 cm³/mol. The Labute approximate surface area is 124 Å². The van der Waals surface area contributed by atoms with Crippen LogP contribution in [-0.4, -0.2) is 21.9 Å². The fourth-order valence-corrected chi connectivity index (χ4v) is 2.53. The second-order valence-corrected chi connectivity index (χ2v) is 5.47. The van der Waals surface area contributed by atoms with Crippen LogP contribution in [0.4, 0.5) is 0 Å². The lowest BCUT2D eigenvalue weighted by Gasteiger charge is -2.21. The van der Waals surface area contributed by atoms with E-state index in [-0.39, 0.29) is 6.10 Å². The summed E-state index contributed by atoms with van der Waals surface area (Å²) >= 11 is 0. The van der Waals surface area contributed by atoms with Crippen molar-refractivity contribution in [1.82, 2.24) is 9.97 Å². The molecule has 1 heterocycles. The molecule has 0 unspecified atom stereocenters. The van der Waals surface area contributed by atoms with Gasteiger partial charge in [-0.1, -0.05) is 23.8 Å². The van der Waals surface area contributed by atoms with Gasteiger partial charge in [-0.2, -0.15) is 0 Å². The Kier molecular flexibility index (Phi) is 3.95. The minimum Gasteiger partial charge on any atom is -0.487 e. The first-order valence-electron chi connectivity index (χ1n) is 7.28. The van der Waals surface area contributed by atoms with Gasteiger partial charge in [0.15, 0.2) is 11.6 Å². The van der Waals surface area contributed by atoms with Gasteiger partial charge >= 0.3 is 0 Å². The molecule has 1 fully saturated rings. The van der Waals surface area contributed by atoms with E-state index in [9.17, 15) is 4.79 Å². The molecule has 1 aliphatic rings. The van der Waals surface area contributed by atoms with Crippen molar-refractivity contribution in [3.63, 3.8) is 0 Å². The molecule has 0 spiro atoms. The van der Waals surface area contributed by atoms with Crippen LogP contribution in [0.2, 0.25) is 0 Å². The Hall–Kier alpha value is -2.23. The van der Waals surface area contributed by atoms with Gasteiger partial charge < -0.3 is 4.74 Å². The van der Waals surface area contributed by atoms with Crippen LogP contribution >= 0.6 is 0 Å². The van der Waals surface area contributed by atoms with Crippen molar-refractivity contribution in [1.29, 1.82) is 0 Å². The molecule has 0 atom stereocenters. The SMILES string of the molecule is Cc1cccc(-c2ncc(OC3CCC(=O)CC3)cn2)c1. The molecule has 1 saturated carbocycles. The summed E-state index contributed by atoms with van der Waals surface area (Å²) < 4.78 is 5.84. The summed E-state index contributed by atoms with van der Waals surface area (Å²) in [5.74, 6) is 1.71. The zero-order valence-electron chi connectivity index (χ0n) is 12.1. The number of nitrogens with zero attached hydrogens (tertiary/aromatic N) is 2. The first kappa shape index (κ1) is 13.7. The number of carbonyl (C=O) groups is 1. The first-order valence-corrected chi connectivity index (χ1v) is 7.28. The van der Waals surface area contributed by atoms with E-state index in [0.29, 0.717) is 30.2 Å². The van der Waals surface area contributed by atoms with Crippen LogP contribution in [0.25, 0.3) is 11.4 Å².